The first kappa shape index (κ1) is 13.5. The van der Waals surface area contributed by atoms with Gasteiger partial charge in [-0.1, -0.05) is 6.07 Å². The van der Waals surface area contributed by atoms with E-state index < -0.39 is 0 Å². The lowest BCUT2D eigenvalue weighted by molar-refractivity contribution is 1.28. The Bertz CT molecular complexity index is 588. The maximum absolute atomic E-state index is 5.29. The summed E-state index contributed by atoms with van der Waals surface area (Å²) in [4.78, 5) is 4.22. The molecule has 0 bridgehead atoms. The topological polar surface area (TPSA) is 37.0 Å². The normalized spacial score (nSPS) is 10.1. The summed E-state index contributed by atoms with van der Waals surface area (Å²) < 4.78 is 0. The second kappa shape index (κ2) is 5.80. The third-order valence-electron chi connectivity index (χ3n) is 2.64. The SMILES string of the molecule is Cc1cc(C)cc(NC(=S)Nc2cc(C)ccn2)c1. The minimum atomic E-state index is 0.545. The van der Waals surface area contributed by atoms with Crippen molar-refractivity contribution in [1.29, 1.82) is 0 Å². The van der Waals surface area contributed by atoms with Crippen molar-refractivity contribution >= 4 is 28.8 Å². The van der Waals surface area contributed by atoms with Gasteiger partial charge in [-0.3, -0.25) is 0 Å². The zero-order valence-corrected chi connectivity index (χ0v) is 12.1. The Hall–Kier alpha value is -1.94. The number of benzene rings is 1. The molecule has 0 unspecified atom stereocenters. The number of aromatic nitrogens is 1. The Morgan fingerprint density at radius 3 is 2.26 bits per heavy atom. The van der Waals surface area contributed by atoms with Crippen LogP contribution >= 0.6 is 12.2 Å². The number of hydrogen-bond donors (Lipinski definition) is 2. The van der Waals surface area contributed by atoms with Crippen molar-refractivity contribution in [2.45, 2.75) is 20.8 Å². The highest BCUT2D eigenvalue weighted by molar-refractivity contribution is 7.80. The van der Waals surface area contributed by atoms with Crippen LogP contribution in [-0.4, -0.2) is 10.1 Å². The van der Waals surface area contributed by atoms with Crippen LogP contribution in [0.3, 0.4) is 0 Å². The maximum Gasteiger partial charge on any atom is 0.176 e. The van der Waals surface area contributed by atoms with Gasteiger partial charge in [-0.05, 0) is 73.9 Å². The lowest BCUT2D eigenvalue weighted by Crippen LogP contribution is -2.19. The van der Waals surface area contributed by atoms with Gasteiger partial charge in [0.1, 0.15) is 5.82 Å². The predicted molar refractivity (Wildman–Crippen MR) is 84.7 cm³/mol. The monoisotopic (exact) mass is 271 g/mol. The molecule has 19 heavy (non-hydrogen) atoms. The fourth-order valence-electron chi connectivity index (χ4n) is 1.93. The molecule has 0 aliphatic carbocycles. The van der Waals surface area contributed by atoms with Gasteiger partial charge in [0.05, 0.1) is 0 Å². The molecule has 0 fully saturated rings. The standard InChI is InChI=1S/C15H17N3S/c1-10-4-5-16-14(9-10)18-15(19)17-13-7-11(2)6-12(3)8-13/h4-9H,1-3H3,(H2,16,17,18,19). The summed E-state index contributed by atoms with van der Waals surface area (Å²) in [6.07, 6.45) is 1.76. The van der Waals surface area contributed by atoms with Crippen molar-refractivity contribution in [2.75, 3.05) is 10.6 Å². The molecular formula is C15H17N3S. The largest absolute Gasteiger partial charge is 0.332 e. The van der Waals surface area contributed by atoms with Crippen molar-refractivity contribution in [3.63, 3.8) is 0 Å². The fourth-order valence-corrected chi connectivity index (χ4v) is 2.15. The molecule has 2 rings (SSSR count). The van der Waals surface area contributed by atoms with Crippen molar-refractivity contribution < 1.29 is 0 Å². The highest BCUT2D eigenvalue weighted by atomic mass is 32.1. The van der Waals surface area contributed by atoms with E-state index in [1.54, 1.807) is 6.20 Å². The van der Waals surface area contributed by atoms with Gasteiger partial charge in [0.2, 0.25) is 0 Å². The van der Waals surface area contributed by atoms with E-state index in [2.05, 4.69) is 47.7 Å². The zero-order valence-electron chi connectivity index (χ0n) is 11.3. The molecule has 1 heterocycles. The van der Waals surface area contributed by atoms with Gasteiger partial charge in [0, 0.05) is 11.9 Å². The van der Waals surface area contributed by atoms with Crippen LogP contribution in [0.5, 0.6) is 0 Å². The Balaban J connectivity index is 2.05. The lowest BCUT2D eigenvalue weighted by atomic mass is 10.1. The number of thiocarbonyl (C=S) groups is 1. The molecule has 1 aromatic heterocycles. The minimum Gasteiger partial charge on any atom is -0.332 e. The van der Waals surface area contributed by atoms with Gasteiger partial charge in [-0.25, -0.2) is 4.98 Å². The van der Waals surface area contributed by atoms with Crippen LogP contribution in [0.15, 0.2) is 36.5 Å². The molecule has 0 saturated carbocycles. The summed E-state index contributed by atoms with van der Waals surface area (Å²) in [5, 5.41) is 6.80. The summed E-state index contributed by atoms with van der Waals surface area (Å²) in [6, 6.07) is 10.2. The molecule has 1 aromatic carbocycles. The van der Waals surface area contributed by atoms with E-state index in [4.69, 9.17) is 12.2 Å². The van der Waals surface area contributed by atoms with Gasteiger partial charge in [-0.15, -0.1) is 0 Å². The van der Waals surface area contributed by atoms with Gasteiger partial charge < -0.3 is 10.6 Å². The molecule has 4 heteroatoms. The smallest absolute Gasteiger partial charge is 0.176 e. The van der Waals surface area contributed by atoms with Crippen LogP contribution in [0.2, 0.25) is 0 Å². The average Bonchev–Trinajstić information content (AvgIpc) is 2.26. The van der Waals surface area contributed by atoms with Gasteiger partial charge in [0.15, 0.2) is 5.11 Å². The molecular weight excluding hydrogens is 254 g/mol. The van der Waals surface area contributed by atoms with E-state index in [-0.39, 0.29) is 0 Å². The van der Waals surface area contributed by atoms with Gasteiger partial charge in [0.25, 0.3) is 0 Å². The number of anilines is 2. The van der Waals surface area contributed by atoms with Crippen molar-refractivity contribution in [1.82, 2.24) is 4.98 Å². The van der Waals surface area contributed by atoms with E-state index in [9.17, 15) is 0 Å². The predicted octanol–water partition coefficient (Wildman–Crippen LogP) is 3.82. The summed E-state index contributed by atoms with van der Waals surface area (Å²) in [7, 11) is 0. The molecule has 0 aliphatic heterocycles. The Labute approximate surface area is 119 Å². The Morgan fingerprint density at radius 2 is 1.63 bits per heavy atom. The molecule has 0 saturated heterocycles. The molecule has 2 N–H and O–H groups in total. The first-order valence-electron chi connectivity index (χ1n) is 6.12. The van der Waals surface area contributed by atoms with Crippen molar-refractivity contribution in [2.24, 2.45) is 0 Å². The second-order valence-electron chi connectivity index (χ2n) is 4.67. The number of nitrogens with one attached hydrogen (secondary N) is 2. The molecule has 0 radical (unpaired) electrons. The molecule has 3 nitrogen and oxygen atoms in total. The molecule has 0 spiro atoms. The van der Waals surface area contributed by atoms with E-state index >= 15 is 0 Å². The van der Waals surface area contributed by atoms with E-state index in [0.29, 0.717) is 5.11 Å². The summed E-state index contributed by atoms with van der Waals surface area (Å²) in [6.45, 7) is 6.15. The highest BCUT2D eigenvalue weighted by Crippen LogP contribution is 2.14. The maximum atomic E-state index is 5.29. The summed E-state index contributed by atoms with van der Waals surface area (Å²) in [5.41, 5.74) is 4.55. The van der Waals surface area contributed by atoms with Crippen molar-refractivity contribution in [3.8, 4) is 0 Å². The molecule has 0 amide bonds. The van der Waals surface area contributed by atoms with Gasteiger partial charge in [-0.2, -0.15) is 0 Å². The number of pyridine rings is 1. The molecule has 0 aliphatic rings. The first-order valence-corrected chi connectivity index (χ1v) is 6.53. The quantitative estimate of drug-likeness (QED) is 0.814. The van der Waals surface area contributed by atoms with Crippen LogP contribution in [0.25, 0.3) is 0 Å². The van der Waals surface area contributed by atoms with Crippen LogP contribution in [0.4, 0.5) is 11.5 Å². The van der Waals surface area contributed by atoms with Crippen LogP contribution in [-0.2, 0) is 0 Å². The van der Waals surface area contributed by atoms with Crippen LogP contribution in [0, 0.1) is 20.8 Å². The van der Waals surface area contributed by atoms with E-state index in [1.165, 1.54) is 11.1 Å². The Kier molecular flexibility index (Phi) is 4.12. The van der Waals surface area contributed by atoms with E-state index in [1.807, 2.05) is 19.1 Å². The summed E-state index contributed by atoms with van der Waals surface area (Å²) >= 11 is 5.29. The zero-order chi connectivity index (χ0) is 13.8. The van der Waals surface area contributed by atoms with E-state index in [0.717, 1.165) is 17.1 Å². The molecule has 98 valence electrons. The van der Waals surface area contributed by atoms with Gasteiger partial charge >= 0.3 is 0 Å². The number of nitrogens with zero attached hydrogens (tertiary/aromatic N) is 1. The average molecular weight is 271 g/mol. The number of aryl methyl sites for hydroxylation is 3. The van der Waals surface area contributed by atoms with Crippen LogP contribution < -0.4 is 10.6 Å². The molecule has 0 atom stereocenters. The summed E-state index contributed by atoms with van der Waals surface area (Å²) in [5.74, 6) is 0.752. The number of rotatable bonds is 2. The van der Waals surface area contributed by atoms with Crippen molar-refractivity contribution in [3.05, 3.63) is 53.2 Å². The lowest BCUT2D eigenvalue weighted by Gasteiger charge is -2.11. The number of hydrogen-bond acceptors (Lipinski definition) is 2. The second-order valence-corrected chi connectivity index (χ2v) is 5.08. The Morgan fingerprint density at radius 1 is 0.947 bits per heavy atom. The first-order chi connectivity index (χ1) is 9.02. The minimum absolute atomic E-state index is 0.545. The van der Waals surface area contributed by atoms with Crippen LogP contribution in [0.1, 0.15) is 16.7 Å². The fraction of sp³-hybridized carbons (Fsp3) is 0.200. The highest BCUT2D eigenvalue weighted by Gasteiger charge is 2.01. The third-order valence-corrected chi connectivity index (χ3v) is 2.84. The third kappa shape index (κ3) is 4.03. The molecule has 2 aromatic rings.